The molecule has 1 fully saturated rings. The van der Waals surface area contributed by atoms with Gasteiger partial charge in [0.1, 0.15) is 0 Å². The highest BCUT2D eigenvalue weighted by molar-refractivity contribution is 9.10. The average Bonchev–Trinajstić information content (AvgIpc) is 2.64. The number of hydrogen-bond acceptors (Lipinski definition) is 1. The maximum atomic E-state index is 13.0. The van der Waals surface area contributed by atoms with Crippen LogP contribution in [0.2, 0.25) is 0 Å². The summed E-state index contributed by atoms with van der Waals surface area (Å²) < 4.78 is 26.5. The molecule has 0 saturated carbocycles. The zero-order valence-electron chi connectivity index (χ0n) is 7.49. The summed E-state index contributed by atoms with van der Waals surface area (Å²) in [5.74, 6) is -1.28. The first-order chi connectivity index (χ1) is 6.68. The molecule has 14 heavy (non-hydrogen) atoms. The molecule has 0 spiro atoms. The molecule has 1 N–H and O–H groups in total. The Morgan fingerprint density at radius 3 is 2.64 bits per heavy atom. The molecule has 1 saturated heterocycles. The summed E-state index contributed by atoms with van der Waals surface area (Å²) in [7, 11) is 0. The third-order valence-electron chi connectivity index (χ3n) is 2.54. The summed E-state index contributed by atoms with van der Waals surface area (Å²) in [6.45, 7) is 1.78. The lowest BCUT2D eigenvalue weighted by Crippen LogP contribution is -2.08. The lowest BCUT2D eigenvalue weighted by Gasteiger charge is -2.11. The van der Waals surface area contributed by atoms with Crippen molar-refractivity contribution in [2.45, 2.75) is 12.3 Å². The van der Waals surface area contributed by atoms with Gasteiger partial charge in [0.15, 0.2) is 11.6 Å². The zero-order valence-corrected chi connectivity index (χ0v) is 9.07. The Morgan fingerprint density at radius 1 is 1.29 bits per heavy atom. The SMILES string of the molecule is Fc1cc(Br)c(C2CCNC2)cc1F. The monoisotopic (exact) mass is 261 g/mol. The lowest BCUT2D eigenvalue weighted by molar-refractivity contribution is 0.504. The molecular weight excluding hydrogens is 252 g/mol. The lowest BCUT2D eigenvalue weighted by atomic mass is 9.98. The van der Waals surface area contributed by atoms with Gasteiger partial charge < -0.3 is 5.32 Å². The van der Waals surface area contributed by atoms with Gasteiger partial charge in [0.05, 0.1) is 0 Å². The molecule has 4 heteroatoms. The summed E-state index contributed by atoms with van der Waals surface area (Å²) in [5.41, 5.74) is 0.855. The Kier molecular flexibility index (Phi) is 2.83. The van der Waals surface area contributed by atoms with Crippen LogP contribution in [0.4, 0.5) is 8.78 Å². The molecule has 0 aromatic heterocycles. The zero-order chi connectivity index (χ0) is 10.1. The van der Waals surface area contributed by atoms with E-state index in [-0.39, 0.29) is 0 Å². The summed E-state index contributed by atoms with van der Waals surface area (Å²) in [5, 5.41) is 3.20. The molecule has 1 aliphatic heterocycles. The largest absolute Gasteiger partial charge is 0.316 e. The molecule has 1 aromatic carbocycles. The molecule has 2 rings (SSSR count). The molecule has 0 aliphatic carbocycles. The van der Waals surface area contributed by atoms with Gasteiger partial charge in [-0.25, -0.2) is 8.78 Å². The van der Waals surface area contributed by atoms with Crippen LogP contribution in [0.5, 0.6) is 0 Å². The first kappa shape index (κ1) is 10.1. The Hall–Kier alpha value is -0.480. The summed E-state index contributed by atoms with van der Waals surface area (Å²) in [6, 6.07) is 2.49. The van der Waals surface area contributed by atoms with Crippen molar-refractivity contribution in [2.24, 2.45) is 0 Å². The molecule has 0 amide bonds. The van der Waals surface area contributed by atoms with E-state index in [9.17, 15) is 8.78 Å². The number of benzene rings is 1. The van der Waals surface area contributed by atoms with Gasteiger partial charge in [-0.2, -0.15) is 0 Å². The topological polar surface area (TPSA) is 12.0 Å². The minimum absolute atomic E-state index is 0.291. The van der Waals surface area contributed by atoms with Crippen LogP contribution in [0.25, 0.3) is 0 Å². The van der Waals surface area contributed by atoms with Crippen LogP contribution in [-0.2, 0) is 0 Å². The highest BCUT2D eigenvalue weighted by Crippen LogP contribution is 2.30. The van der Waals surface area contributed by atoms with E-state index in [1.807, 2.05) is 0 Å². The van der Waals surface area contributed by atoms with Gasteiger partial charge in [0.25, 0.3) is 0 Å². The predicted molar refractivity (Wildman–Crippen MR) is 54.3 cm³/mol. The van der Waals surface area contributed by atoms with Crippen molar-refractivity contribution in [1.29, 1.82) is 0 Å². The van der Waals surface area contributed by atoms with Crippen molar-refractivity contribution in [2.75, 3.05) is 13.1 Å². The highest BCUT2D eigenvalue weighted by atomic mass is 79.9. The average molecular weight is 262 g/mol. The Balaban J connectivity index is 2.37. The van der Waals surface area contributed by atoms with Gasteiger partial charge in [-0.05, 0) is 36.6 Å². The first-order valence-electron chi connectivity index (χ1n) is 4.53. The molecule has 1 aromatic rings. The van der Waals surface area contributed by atoms with E-state index >= 15 is 0 Å². The van der Waals surface area contributed by atoms with Crippen molar-refractivity contribution in [3.63, 3.8) is 0 Å². The maximum absolute atomic E-state index is 13.0. The van der Waals surface area contributed by atoms with Crippen LogP contribution >= 0.6 is 15.9 Å². The van der Waals surface area contributed by atoms with Crippen LogP contribution in [0.15, 0.2) is 16.6 Å². The minimum Gasteiger partial charge on any atom is -0.316 e. The number of rotatable bonds is 1. The molecule has 1 nitrogen and oxygen atoms in total. The number of halogens is 3. The third-order valence-corrected chi connectivity index (χ3v) is 3.23. The minimum atomic E-state index is -0.799. The normalized spacial score (nSPS) is 21.5. The van der Waals surface area contributed by atoms with E-state index in [4.69, 9.17) is 0 Å². The molecule has 0 bridgehead atoms. The third kappa shape index (κ3) is 1.81. The fourth-order valence-corrected chi connectivity index (χ4v) is 2.41. The molecule has 1 aliphatic rings. The van der Waals surface area contributed by atoms with Crippen molar-refractivity contribution < 1.29 is 8.78 Å². The highest BCUT2D eigenvalue weighted by Gasteiger charge is 2.20. The first-order valence-corrected chi connectivity index (χ1v) is 5.33. The van der Waals surface area contributed by atoms with E-state index in [1.54, 1.807) is 0 Å². The Labute approximate surface area is 89.6 Å². The van der Waals surface area contributed by atoms with Crippen LogP contribution in [0.1, 0.15) is 17.9 Å². The predicted octanol–water partition coefficient (Wildman–Crippen LogP) is 2.80. The number of hydrogen-bond donors (Lipinski definition) is 1. The van der Waals surface area contributed by atoms with E-state index in [0.29, 0.717) is 10.4 Å². The van der Waals surface area contributed by atoms with Gasteiger partial charge in [-0.1, -0.05) is 15.9 Å². The number of nitrogens with one attached hydrogen (secondary N) is 1. The fourth-order valence-electron chi connectivity index (χ4n) is 1.77. The Morgan fingerprint density at radius 2 is 2.00 bits per heavy atom. The van der Waals surface area contributed by atoms with Crippen LogP contribution in [-0.4, -0.2) is 13.1 Å². The van der Waals surface area contributed by atoms with Crippen LogP contribution < -0.4 is 5.32 Å². The smallest absolute Gasteiger partial charge is 0.159 e. The van der Waals surface area contributed by atoms with Crippen LogP contribution in [0, 0.1) is 11.6 Å². The second kappa shape index (κ2) is 3.95. The summed E-state index contributed by atoms with van der Waals surface area (Å²) in [4.78, 5) is 0. The second-order valence-electron chi connectivity index (χ2n) is 3.48. The fraction of sp³-hybridized carbons (Fsp3) is 0.400. The standard InChI is InChI=1S/C10H10BrF2N/c11-8-4-10(13)9(12)3-7(8)6-1-2-14-5-6/h3-4,6,14H,1-2,5H2. The maximum Gasteiger partial charge on any atom is 0.159 e. The van der Waals surface area contributed by atoms with Crippen molar-refractivity contribution >= 4 is 15.9 Å². The van der Waals surface area contributed by atoms with E-state index in [2.05, 4.69) is 21.2 Å². The van der Waals surface area contributed by atoms with Crippen molar-refractivity contribution in [3.8, 4) is 0 Å². The molecular formula is C10H10BrF2N. The van der Waals surface area contributed by atoms with Gasteiger partial charge in [0.2, 0.25) is 0 Å². The summed E-state index contributed by atoms with van der Waals surface area (Å²) in [6.07, 6.45) is 0.976. The van der Waals surface area contributed by atoms with E-state index in [0.717, 1.165) is 25.1 Å². The summed E-state index contributed by atoms with van der Waals surface area (Å²) >= 11 is 3.26. The van der Waals surface area contributed by atoms with Crippen LogP contribution in [0.3, 0.4) is 0 Å². The van der Waals surface area contributed by atoms with Crippen molar-refractivity contribution in [3.05, 3.63) is 33.8 Å². The van der Waals surface area contributed by atoms with E-state index < -0.39 is 11.6 Å². The van der Waals surface area contributed by atoms with Crippen molar-refractivity contribution in [1.82, 2.24) is 5.32 Å². The molecule has 1 heterocycles. The molecule has 0 radical (unpaired) electrons. The quantitative estimate of drug-likeness (QED) is 0.767. The van der Waals surface area contributed by atoms with Gasteiger partial charge in [-0.3, -0.25) is 0 Å². The van der Waals surface area contributed by atoms with Gasteiger partial charge in [-0.15, -0.1) is 0 Å². The Bertz CT molecular complexity index is 348. The van der Waals surface area contributed by atoms with Gasteiger partial charge >= 0.3 is 0 Å². The molecule has 1 atom stereocenters. The molecule has 76 valence electrons. The second-order valence-corrected chi connectivity index (χ2v) is 4.33. The van der Waals surface area contributed by atoms with E-state index in [1.165, 1.54) is 12.1 Å². The molecule has 1 unspecified atom stereocenters. The van der Waals surface area contributed by atoms with Gasteiger partial charge in [0, 0.05) is 11.0 Å².